The molecule has 20 heavy (non-hydrogen) atoms. The van der Waals surface area contributed by atoms with Gasteiger partial charge in [-0.15, -0.1) is 10.2 Å². The molecule has 2 heterocycles. The Hall–Kier alpha value is -2.46. The standard InChI is InChI=1S/C13H12N6S/c1-8(12-17-15-7-18(12)2)19-10-5-3-4-9(6-14)11(10)16-13(19)20/h3-5,7-8H,1-2H3,(H,16,20). The maximum atomic E-state index is 9.16. The van der Waals surface area contributed by atoms with E-state index in [1.807, 2.05) is 35.2 Å². The molecule has 0 amide bonds. The Morgan fingerprint density at radius 3 is 2.90 bits per heavy atom. The molecule has 1 unspecified atom stereocenters. The molecule has 1 N–H and O–H groups in total. The van der Waals surface area contributed by atoms with E-state index in [0.717, 1.165) is 16.9 Å². The molecule has 0 fully saturated rings. The summed E-state index contributed by atoms with van der Waals surface area (Å²) in [7, 11) is 1.89. The highest BCUT2D eigenvalue weighted by atomic mass is 32.1. The van der Waals surface area contributed by atoms with E-state index in [4.69, 9.17) is 17.5 Å². The Bertz CT molecular complexity index is 878. The molecular formula is C13H12N6S. The Kier molecular flexibility index (Phi) is 2.88. The highest BCUT2D eigenvalue weighted by Crippen LogP contribution is 2.24. The van der Waals surface area contributed by atoms with Crippen LogP contribution < -0.4 is 0 Å². The number of para-hydroxylation sites is 1. The summed E-state index contributed by atoms with van der Waals surface area (Å²) in [4.78, 5) is 3.11. The van der Waals surface area contributed by atoms with Crippen LogP contribution >= 0.6 is 12.2 Å². The number of hydrogen-bond acceptors (Lipinski definition) is 4. The summed E-state index contributed by atoms with van der Waals surface area (Å²) in [6, 6.07) is 7.66. The molecule has 1 atom stereocenters. The Morgan fingerprint density at radius 2 is 2.25 bits per heavy atom. The van der Waals surface area contributed by atoms with Crippen molar-refractivity contribution in [2.45, 2.75) is 13.0 Å². The van der Waals surface area contributed by atoms with Crippen LogP contribution in [0.2, 0.25) is 0 Å². The van der Waals surface area contributed by atoms with Gasteiger partial charge in [0.25, 0.3) is 0 Å². The second-order valence-electron chi connectivity index (χ2n) is 4.59. The molecule has 0 aliphatic heterocycles. The fourth-order valence-electron chi connectivity index (χ4n) is 2.41. The minimum absolute atomic E-state index is 0.0716. The highest BCUT2D eigenvalue weighted by molar-refractivity contribution is 7.71. The Balaban J connectivity index is 2.28. The first-order valence-corrected chi connectivity index (χ1v) is 6.51. The van der Waals surface area contributed by atoms with Crippen molar-refractivity contribution >= 4 is 23.3 Å². The molecular weight excluding hydrogens is 272 g/mol. The number of aromatic amines is 1. The SMILES string of the molecule is CC(c1nncn1C)n1c(=S)[nH]c2c(C#N)cccc21. The summed E-state index contributed by atoms with van der Waals surface area (Å²) >= 11 is 5.39. The molecule has 0 saturated heterocycles. The van der Waals surface area contributed by atoms with Crippen molar-refractivity contribution in [1.29, 1.82) is 5.26 Å². The predicted octanol–water partition coefficient (Wildman–Crippen LogP) is 2.31. The van der Waals surface area contributed by atoms with Crippen molar-refractivity contribution in [2.24, 2.45) is 7.05 Å². The smallest absolute Gasteiger partial charge is 0.178 e. The Labute approximate surface area is 120 Å². The van der Waals surface area contributed by atoms with Crippen molar-refractivity contribution in [1.82, 2.24) is 24.3 Å². The number of nitrogens with one attached hydrogen (secondary N) is 1. The number of benzene rings is 1. The second-order valence-corrected chi connectivity index (χ2v) is 4.97. The molecule has 7 heteroatoms. The molecule has 0 spiro atoms. The number of nitriles is 1. The van der Waals surface area contributed by atoms with Crippen molar-refractivity contribution in [3.63, 3.8) is 0 Å². The maximum absolute atomic E-state index is 9.16. The number of H-pyrrole nitrogens is 1. The van der Waals surface area contributed by atoms with Gasteiger partial charge in [-0.05, 0) is 31.3 Å². The second kappa shape index (κ2) is 4.58. The van der Waals surface area contributed by atoms with Crippen LogP contribution in [0, 0.1) is 16.1 Å². The summed E-state index contributed by atoms with van der Waals surface area (Å²) < 4.78 is 4.38. The number of fused-ring (bicyclic) bond motifs is 1. The van der Waals surface area contributed by atoms with Crippen molar-refractivity contribution < 1.29 is 0 Å². The van der Waals surface area contributed by atoms with Crippen molar-refractivity contribution in [3.8, 4) is 6.07 Å². The summed E-state index contributed by atoms with van der Waals surface area (Å²) in [5, 5.41) is 17.2. The summed E-state index contributed by atoms with van der Waals surface area (Å²) in [5.41, 5.74) is 2.23. The first-order valence-electron chi connectivity index (χ1n) is 6.10. The molecule has 0 saturated carbocycles. The first-order chi connectivity index (χ1) is 9.63. The van der Waals surface area contributed by atoms with Crippen molar-refractivity contribution in [3.05, 3.63) is 40.7 Å². The fourth-order valence-corrected chi connectivity index (χ4v) is 2.77. The van der Waals surface area contributed by atoms with Crippen LogP contribution in [-0.2, 0) is 7.05 Å². The van der Waals surface area contributed by atoms with E-state index in [1.54, 1.807) is 12.4 Å². The van der Waals surface area contributed by atoms with E-state index in [9.17, 15) is 0 Å². The number of nitrogens with zero attached hydrogens (tertiary/aromatic N) is 5. The zero-order valence-electron chi connectivity index (χ0n) is 11.0. The molecule has 1 aromatic carbocycles. The quantitative estimate of drug-likeness (QED) is 0.733. The van der Waals surface area contributed by atoms with Crippen LogP contribution in [0.3, 0.4) is 0 Å². The van der Waals surface area contributed by atoms with E-state index >= 15 is 0 Å². The van der Waals surface area contributed by atoms with Gasteiger partial charge in [0.1, 0.15) is 12.4 Å². The summed E-state index contributed by atoms with van der Waals surface area (Å²) in [6.45, 7) is 2.01. The maximum Gasteiger partial charge on any atom is 0.178 e. The van der Waals surface area contributed by atoms with Gasteiger partial charge in [0.05, 0.1) is 22.6 Å². The lowest BCUT2D eigenvalue weighted by Gasteiger charge is -2.13. The number of aryl methyl sites for hydroxylation is 1. The molecule has 0 aliphatic carbocycles. The fraction of sp³-hybridized carbons (Fsp3) is 0.231. The average Bonchev–Trinajstić information content (AvgIpc) is 3.00. The summed E-state index contributed by atoms with van der Waals surface area (Å²) in [5.74, 6) is 0.810. The number of rotatable bonds is 2. The molecule has 0 radical (unpaired) electrons. The minimum Gasteiger partial charge on any atom is -0.329 e. The Morgan fingerprint density at radius 1 is 1.45 bits per heavy atom. The third-order valence-electron chi connectivity index (χ3n) is 3.38. The van der Waals surface area contributed by atoms with Gasteiger partial charge in [-0.1, -0.05) is 6.07 Å². The highest BCUT2D eigenvalue weighted by Gasteiger charge is 2.18. The van der Waals surface area contributed by atoms with Gasteiger partial charge in [-0.25, -0.2) is 0 Å². The van der Waals surface area contributed by atoms with Gasteiger partial charge in [-0.3, -0.25) is 0 Å². The number of hydrogen-bond donors (Lipinski definition) is 1. The summed E-state index contributed by atoms with van der Waals surface area (Å²) in [6.07, 6.45) is 1.66. The number of imidazole rings is 1. The van der Waals surface area contributed by atoms with Gasteiger partial charge in [-0.2, -0.15) is 5.26 Å². The van der Waals surface area contributed by atoms with Gasteiger partial charge in [0.15, 0.2) is 10.6 Å². The lowest BCUT2D eigenvalue weighted by Crippen LogP contribution is -2.12. The molecule has 3 rings (SSSR count). The van der Waals surface area contributed by atoms with Gasteiger partial charge < -0.3 is 14.1 Å². The van der Waals surface area contributed by atoms with E-state index in [0.29, 0.717) is 10.3 Å². The van der Waals surface area contributed by atoms with Crippen LogP contribution in [0.25, 0.3) is 11.0 Å². The van der Waals surface area contributed by atoms with Crippen LogP contribution in [0.5, 0.6) is 0 Å². The third kappa shape index (κ3) is 1.73. The average molecular weight is 284 g/mol. The predicted molar refractivity (Wildman–Crippen MR) is 76.7 cm³/mol. The van der Waals surface area contributed by atoms with E-state index in [2.05, 4.69) is 21.3 Å². The van der Waals surface area contributed by atoms with Crippen LogP contribution in [0.4, 0.5) is 0 Å². The molecule has 2 aromatic heterocycles. The normalized spacial score (nSPS) is 12.4. The van der Waals surface area contributed by atoms with Crippen LogP contribution in [0.15, 0.2) is 24.5 Å². The van der Waals surface area contributed by atoms with Crippen LogP contribution in [-0.4, -0.2) is 24.3 Å². The third-order valence-corrected chi connectivity index (χ3v) is 3.68. The van der Waals surface area contributed by atoms with Gasteiger partial charge in [0, 0.05) is 7.05 Å². The molecule has 0 bridgehead atoms. The van der Waals surface area contributed by atoms with Gasteiger partial charge in [0.2, 0.25) is 0 Å². The molecule has 100 valence electrons. The zero-order chi connectivity index (χ0) is 14.3. The van der Waals surface area contributed by atoms with Crippen LogP contribution in [0.1, 0.15) is 24.4 Å². The molecule has 3 aromatic rings. The van der Waals surface area contributed by atoms with Crippen molar-refractivity contribution in [2.75, 3.05) is 0 Å². The molecule has 0 aliphatic rings. The lowest BCUT2D eigenvalue weighted by molar-refractivity contribution is 0.581. The number of aromatic nitrogens is 5. The molecule has 6 nitrogen and oxygen atoms in total. The topological polar surface area (TPSA) is 75.2 Å². The lowest BCUT2D eigenvalue weighted by atomic mass is 10.2. The van der Waals surface area contributed by atoms with Gasteiger partial charge >= 0.3 is 0 Å². The zero-order valence-corrected chi connectivity index (χ0v) is 11.8. The first kappa shape index (κ1) is 12.6. The minimum atomic E-state index is -0.0716. The van der Waals surface area contributed by atoms with E-state index < -0.39 is 0 Å². The van der Waals surface area contributed by atoms with E-state index in [-0.39, 0.29) is 6.04 Å². The largest absolute Gasteiger partial charge is 0.329 e. The monoisotopic (exact) mass is 284 g/mol. The van der Waals surface area contributed by atoms with E-state index in [1.165, 1.54) is 0 Å².